The molecule has 1 heterocycles. The van der Waals surface area contributed by atoms with Crippen LogP contribution in [0, 0.1) is 17.1 Å². The molecule has 0 spiro atoms. The molecule has 0 saturated heterocycles. The number of rotatable bonds is 9. The first-order valence-electron chi connectivity index (χ1n) is 13.6. The summed E-state index contributed by atoms with van der Waals surface area (Å²) in [6.07, 6.45) is -4.45. The van der Waals surface area contributed by atoms with Crippen molar-refractivity contribution in [2.24, 2.45) is 0 Å². The average Bonchev–Trinajstić information content (AvgIpc) is 3.01. The first-order chi connectivity index (χ1) is 21.1. The third-order valence-electron chi connectivity index (χ3n) is 6.79. The highest BCUT2D eigenvalue weighted by Gasteiger charge is 2.28. The summed E-state index contributed by atoms with van der Waals surface area (Å²) in [6, 6.07) is 14.0. The number of carbonyl (C=O) groups is 2. The van der Waals surface area contributed by atoms with Crippen LogP contribution in [-0.4, -0.2) is 56.2 Å². The molecule has 4 rings (SSSR count). The Bertz CT molecular complexity index is 1530. The van der Waals surface area contributed by atoms with E-state index in [9.17, 15) is 27.2 Å². The molecule has 8 nitrogen and oxygen atoms in total. The van der Waals surface area contributed by atoms with Gasteiger partial charge in [0.2, 0.25) is 11.8 Å². The van der Waals surface area contributed by atoms with Gasteiger partial charge in [0.25, 0.3) is 6.43 Å². The first-order valence-corrected chi connectivity index (χ1v) is 13.6. The second-order valence-electron chi connectivity index (χ2n) is 10.1. The minimum absolute atomic E-state index is 0.0139. The monoisotopic (exact) mass is 616 g/mol. The maximum atomic E-state index is 15.2. The fourth-order valence-corrected chi connectivity index (χ4v) is 4.63. The summed E-state index contributed by atoms with van der Waals surface area (Å²) in [4.78, 5) is 28.1. The van der Waals surface area contributed by atoms with E-state index in [0.29, 0.717) is 22.4 Å². The normalized spacial score (nSPS) is 15.4. The number of likely N-dealkylation sites (N-methyl/N-ethyl adjacent to an activating group) is 1. The van der Waals surface area contributed by atoms with Crippen molar-refractivity contribution in [3.8, 4) is 17.6 Å². The minimum Gasteiger partial charge on any atom is -0.487 e. The van der Waals surface area contributed by atoms with E-state index in [1.54, 1.807) is 30.3 Å². The Kier molecular flexibility index (Phi) is 10.6. The highest BCUT2D eigenvalue weighted by atomic mass is 19.3. The van der Waals surface area contributed by atoms with E-state index in [0.717, 1.165) is 6.07 Å². The van der Waals surface area contributed by atoms with E-state index >= 15 is 4.39 Å². The molecule has 44 heavy (non-hydrogen) atoms. The van der Waals surface area contributed by atoms with E-state index in [-0.39, 0.29) is 36.4 Å². The van der Waals surface area contributed by atoms with Crippen LogP contribution >= 0.6 is 0 Å². The van der Waals surface area contributed by atoms with Gasteiger partial charge >= 0.3 is 0 Å². The number of fused-ring (bicyclic) bond motifs is 4. The van der Waals surface area contributed by atoms with Gasteiger partial charge in [0.15, 0.2) is 17.7 Å². The van der Waals surface area contributed by atoms with E-state index in [2.05, 4.69) is 10.6 Å². The largest absolute Gasteiger partial charge is 0.487 e. The van der Waals surface area contributed by atoms with Gasteiger partial charge in [0.05, 0.1) is 11.6 Å². The van der Waals surface area contributed by atoms with Crippen molar-refractivity contribution in [3.05, 3.63) is 82.7 Å². The lowest BCUT2D eigenvalue weighted by Crippen LogP contribution is -2.35. The van der Waals surface area contributed by atoms with Crippen LogP contribution in [0.3, 0.4) is 0 Å². The summed E-state index contributed by atoms with van der Waals surface area (Å²) in [5, 5.41) is 14.8. The molecule has 3 aromatic carbocycles. The maximum absolute atomic E-state index is 15.2. The summed E-state index contributed by atoms with van der Waals surface area (Å²) in [5.41, 5.74) is 1.71. The number of aryl methyl sites for hydroxylation is 1. The van der Waals surface area contributed by atoms with Crippen LogP contribution in [0.2, 0.25) is 0 Å². The average molecular weight is 617 g/mol. The summed E-state index contributed by atoms with van der Waals surface area (Å²) in [6.45, 7) is -3.61. The number of nitriles is 1. The molecule has 4 bridgehead atoms. The molecule has 0 saturated carbocycles. The second kappa shape index (κ2) is 14.5. The number of alkyl halides is 4. The number of amides is 2. The Morgan fingerprint density at radius 3 is 2.43 bits per heavy atom. The molecule has 232 valence electrons. The number of carbonyl (C=O) groups excluding carboxylic acids is 2. The number of nitrogens with zero attached hydrogens (tertiary/aromatic N) is 2. The lowest BCUT2D eigenvalue weighted by molar-refractivity contribution is -0.131. The predicted molar refractivity (Wildman–Crippen MR) is 152 cm³/mol. The number of halogens is 5. The van der Waals surface area contributed by atoms with Crippen molar-refractivity contribution >= 4 is 23.2 Å². The molecule has 1 aliphatic rings. The minimum atomic E-state index is -2.74. The highest BCUT2D eigenvalue weighted by Crippen LogP contribution is 2.33. The van der Waals surface area contributed by atoms with Crippen molar-refractivity contribution in [1.29, 1.82) is 5.26 Å². The van der Waals surface area contributed by atoms with Crippen LogP contribution in [0.5, 0.6) is 11.5 Å². The van der Waals surface area contributed by atoms with Crippen LogP contribution in [0.15, 0.2) is 54.6 Å². The molecule has 13 heteroatoms. The van der Waals surface area contributed by atoms with Gasteiger partial charge in [0, 0.05) is 43.0 Å². The lowest BCUT2D eigenvalue weighted by Gasteiger charge is -2.28. The van der Waals surface area contributed by atoms with Crippen LogP contribution in [0.25, 0.3) is 0 Å². The third-order valence-corrected chi connectivity index (χ3v) is 6.79. The van der Waals surface area contributed by atoms with Gasteiger partial charge in [0.1, 0.15) is 31.7 Å². The fourth-order valence-electron chi connectivity index (χ4n) is 4.63. The highest BCUT2D eigenvalue weighted by molar-refractivity contribution is 5.91. The number of anilines is 2. The van der Waals surface area contributed by atoms with Gasteiger partial charge in [-0.3, -0.25) is 9.59 Å². The molecule has 1 aliphatic heterocycles. The molecule has 0 aromatic heterocycles. The second-order valence-corrected chi connectivity index (χ2v) is 10.1. The zero-order valence-corrected chi connectivity index (χ0v) is 23.6. The number of benzene rings is 3. The van der Waals surface area contributed by atoms with E-state index in [1.165, 1.54) is 30.1 Å². The summed E-state index contributed by atoms with van der Waals surface area (Å²) in [7, 11) is 1.43. The summed E-state index contributed by atoms with van der Waals surface area (Å²) >= 11 is 0. The van der Waals surface area contributed by atoms with Gasteiger partial charge < -0.3 is 25.0 Å². The quantitative estimate of drug-likeness (QED) is 0.298. The first kappa shape index (κ1) is 32.1. The van der Waals surface area contributed by atoms with Crippen molar-refractivity contribution in [2.75, 3.05) is 37.6 Å². The lowest BCUT2D eigenvalue weighted by atomic mass is 9.98. The third kappa shape index (κ3) is 7.94. The van der Waals surface area contributed by atoms with Crippen LogP contribution < -0.4 is 20.1 Å². The SMILES string of the molecule is CN1Cc2cc(cc(F)c2OC(CF)CF)NC(=O)CCc2cc(ccc2OCC(F)F)C(Nc2ccc(C#N)cc2)C1=O. The zero-order valence-electron chi connectivity index (χ0n) is 23.6. The van der Waals surface area contributed by atoms with Gasteiger partial charge in [-0.05, 0) is 60.0 Å². The Morgan fingerprint density at radius 1 is 1.05 bits per heavy atom. The molecule has 3 aromatic rings. The Balaban J connectivity index is 1.79. The zero-order chi connectivity index (χ0) is 31.8. The standard InChI is InChI=1S/C31H29F5N4O4/c1-40-16-21-11-23(12-25(34)30(21)44-24(13-32)14-33)38-28(41)9-5-19-10-20(4-8-26(19)43-17-27(35)36)29(31(40)42)39-22-6-2-18(15-37)3-7-22/h2-4,6-8,10-12,24,27,29,39H,5,9,13-14,16-17H2,1H3,(H,38,41). The van der Waals surface area contributed by atoms with E-state index in [1.807, 2.05) is 6.07 Å². The van der Waals surface area contributed by atoms with Crippen LogP contribution in [0.1, 0.15) is 34.7 Å². The molecular formula is C31H29F5N4O4. The molecule has 0 aliphatic carbocycles. The Labute approximate surface area is 250 Å². The smallest absolute Gasteiger partial charge is 0.272 e. The molecule has 0 fully saturated rings. The number of hydrogen-bond acceptors (Lipinski definition) is 6. The van der Waals surface area contributed by atoms with Crippen molar-refractivity contribution in [3.63, 3.8) is 0 Å². The van der Waals surface area contributed by atoms with E-state index < -0.39 is 61.9 Å². The van der Waals surface area contributed by atoms with Crippen molar-refractivity contribution in [2.45, 2.75) is 38.0 Å². The molecule has 2 amide bonds. The Morgan fingerprint density at radius 2 is 1.77 bits per heavy atom. The van der Waals surface area contributed by atoms with Gasteiger partial charge in [-0.1, -0.05) is 6.07 Å². The summed E-state index contributed by atoms with van der Waals surface area (Å²) < 4.78 is 78.2. The Hall–Kier alpha value is -4.86. The molecule has 1 atom stereocenters. The topological polar surface area (TPSA) is 104 Å². The number of hydrogen-bond donors (Lipinski definition) is 2. The van der Waals surface area contributed by atoms with Gasteiger partial charge in [-0.15, -0.1) is 0 Å². The molecular weight excluding hydrogens is 587 g/mol. The number of ether oxygens (including phenoxy) is 2. The van der Waals surface area contributed by atoms with Crippen molar-refractivity contribution < 1.29 is 41.0 Å². The van der Waals surface area contributed by atoms with Crippen LogP contribution in [0.4, 0.5) is 33.3 Å². The predicted octanol–water partition coefficient (Wildman–Crippen LogP) is 5.72. The van der Waals surface area contributed by atoms with Gasteiger partial charge in [-0.25, -0.2) is 22.0 Å². The van der Waals surface area contributed by atoms with Crippen LogP contribution in [-0.2, 0) is 22.6 Å². The molecule has 1 unspecified atom stereocenters. The maximum Gasteiger partial charge on any atom is 0.272 e. The number of nitrogens with one attached hydrogen (secondary N) is 2. The summed E-state index contributed by atoms with van der Waals surface area (Å²) in [5.74, 6) is -2.41. The fraction of sp³-hybridized carbons (Fsp3) is 0.323. The van der Waals surface area contributed by atoms with E-state index in [4.69, 9.17) is 14.7 Å². The molecule has 2 N–H and O–H groups in total. The van der Waals surface area contributed by atoms with Gasteiger partial charge in [-0.2, -0.15) is 5.26 Å². The van der Waals surface area contributed by atoms with Crippen molar-refractivity contribution in [1.82, 2.24) is 4.90 Å². The molecule has 0 radical (unpaired) electrons.